The first-order valence-corrected chi connectivity index (χ1v) is 13.4. The molecule has 188 valence electrons. The summed E-state index contributed by atoms with van der Waals surface area (Å²) in [6, 6.07) is 8.60. The summed E-state index contributed by atoms with van der Waals surface area (Å²) < 4.78 is 11.8. The molecule has 1 aromatic carbocycles. The summed E-state index contributed by atoms with van der Waals surface area (Å²) in [7, 11) is 0. The molecule has 0 atom stereocenters. The number of carbonyl (C=O) groups excluding carboxylic acids is 2. The number of furan rings is 1. The predicted octanol–water partition coefficient (Wildman–Crippen LogP) is 5.30. The fraction of sp³-hybridized carbons (Fsp3) is 0.250. The predicted molar refractivity (Wildman–Crippen MR) is 141 cm³/mol. The van der Waals surface area contributed by atoms with E-state index in [4.69, 9.17) is 32.4 Å². The third-order valence-electron chi connectivity index (χ3n) is 5.17. The first-order valence-electron chi connectivity index (χ1n) is 10.8. The summed E-state index contributed by atoms with van der Waals surface area (Å²) >= 11 is 14.4. The van der Waals surface area contributed by atoms with Gasteiger partial charge in [0.2, 0.25) is 5.91 Å². The van der Waals surface area contributed by atoms with E-state index in [-0.39, 0.29) is 36.9 Å². The van der Waals surface area contributed by atoms with Crippen LogP contribution < -0.4 is 10.9 Å². The van der Waals surface area contributed by atoms with Gasteiger partial charge in [-0.3, -0.25) is 14.2 Å². The van der Waals surface area contributed by atoms with E-state index in [1.807, 2.05) is 0 Å². The third-order valence-corrected chi connectivity index (χ3v) is 8.05. The van der Waals surface area contributed by atoms with Crippen LogP contribution in [0.15, 0.2) is 51.0 Å². The number of halogens is 2. The molecule has 0 radical (unpaired) electrons. The molecule has 0 bridgehead atoms. The van der Waals surface area contributed by atoms with Crippen LogP contribution in [0.2, 0.25) is 10.0 Å². The molecule has 0 saturated carbocycles. The molecule has 0 aliphatic carbocycles. The summed E-state index contributed by atoms with van der Waals surface area (Å²) in [6.07, 6.45) is 1.53. The van der Waals surface area contributed by atoms with Crippen LogP contribution in [0.5, 0.6) is 0 Å². The van der Waals surface area contributed by atoms with Crippen LogP contribution in [-0.2, 0) is 22.6 Å². The lowest BCUT2D eigenvalue weighted by Crippen LogP contribution is -2.27. The van der Waals surface area contributed by atoms with Gasteiger partial charge in [-0.2, -0.15) is 0 Å². The lowest BCUT2D eigenvalue weighted by molar-refractivity contribution is -0.118. The number of nitrogens with zero attached hydrogens (tertiary/aromatic N) is 2. The molecule has 8 nitrogen and oxygen atoms in total. The minimum Gasteiger partial charge on any atom is -0.467 e. The van der Waals surface area contributed by atoms with Gasteiger partial charge >= 0.3 is 5.97 Å². The molecule has 0 spiro atoms. The number of hydrogen-bond acceptors (Lipinski definition) is 8. The highest BCUT2D eigenvalue weighted by Crippen LogP contribution is 2.30. The van der Waals surface area contributed by atoms with Crippen LogP contribution in [-0.4, -0.2) is 33.8 Å². The van der Waals surface area contributed by atoms with Crippen molar-refractivity contribution in [1.82, 2.24) is 14.9 Å². The highest BCUT2D eigenvalue weighted by molar-refractivity contribution is 7.99. The fourth-order valence-electron chi connectivity index (χ4n) is 3.44. The summed E-state index contributed by atoms with van der Waals surface area (Å²) in [5.41, 5.74) is 0.922. The van der Waals surface area contributed by atoms with Crippen molar-refractivity contribution in [3.05, 3.63) is 78.8 Å². The van der Waals surface area contributed by atoms with Crippen molar-refractivity contribution in [2.24, 2.45) is 0 Å². The standard InChI is InChI=1S/C24H21Cl2N3O5S2/c1-3-33-23(32)20-13(2)19-21(36-20)28-24(35-12-18(30)27-10-15-5-4-8-34-15)29(22(19)31)11-14-6-7-16(25)17(26)9-14/h4-9H,3,10-12H2,1-2H3,(H,27,30). The molecule has 0 saturated heterocycles. The van der Waals surface area contributed by atoms with Crippen molar-refractivity contribution in [2.45, 2.75) is 32.1 Å². The number of thiophene rings is 1. The number of amides is 1. The molecule has 0 aliphatic heterocycles. The van der Waals surface area contributed by atoms with Gasteiger partial charge in [-0.05, 0) is 49.2 Å². The van der Waals surface area contributed by atoms with Gasteiger partial charge in [0.1, 0.15) is 15.5 Å². The Bertz CT molecular complexity index is 1480. The van der Waals surface area contributed by atoms with E-state index in [0.717, 1.165) is 28.7 Å². The zero-order chi connectivity index (χ0) is 25.8. The maximum absolute atomic E-state index is 13.6. The van der Waals surface area contributed by atoms with E-state index >= 15 is 0 Å². The molecular formula is C24H21Cl2N3O5S2. The SMILES string of the molecule is CCOC(=O)c1sc2nc(SCC(=O)NCc3ccco3)n(Cc3ccc(Cl)c(Cl)c3)c(=O)c2c1C. The number of rotatable bonds is 9. The summed E-state index contributed by atoms with van der Waals surface area (Å²) in [5.74, 6) is -0.0962. The maximum atomic E-state index is 13.6. The Morgan fingerprint density at radius 2 is 2.06 bits per heavy atom. The van der Waals surface area contributed by atoms with Gasteiger partial charge in [-0.25, -0.2) is 9.78 Å². The molecule has 4 aromatic rings. The lowest BCUT2D eigenvalue weighted by atomic mass is 10.2. The minimum absolute atomic E-state index is 0.0229. The number of esters is 1. The van der Waals surface area contributed by atoms with E-state index < -0.39 is 5.97 Å². The Kier molecular flexibility index (Phi) is 8.40. The second kappa shape index (κ2) is 11.5. The molecular weight excluding hydrogens is 545 g/mol. The minimum atomic E-state index is -0.500. The van der Waals surface area contributed by atoms with Crippen molar-refractivity contribution in [3.8, 4) is 0 Å². The van der Waals surface area contributed by atoms with Crippen LogP contribution >= 0.6 is 46.3 Å². The van der Waals surface area contributed by atoms with Crippen molar-refractivity contribution >= 4 is 68.4 Å². The monoisotopic (exact) mass is 565 g/mol. The Balaban J connectivity index is 1.69. The fourth-order valence-corrected chi connectivity index (χ4v) is 5.70. The number of ether oxygens (including phenoxy) is 1. The first-order chi connectivity index (χ1) is 17.3. The quantitative estimate of drug-likeness (QED) is 0.167. The largest absolute Gasteiger partial charge is 0.467 e. The van der Waals surface area contributed by atoms with Crippen molar-refractivity contribution in [1.29, 1.82) is 0 Å². The number of aromatic nitrogens is 2. The Morgan fingerprint density at radius 1 is 1.25 bits per heavy atom. The number of hydrogen-bond donors (Lipinski definition) is 1. The zero-order valence-electron chi connectivity index (χ0n) is 19.3. The maximum Gasteiger partial charge on any atom is 0.348 e. The number of carbonyl (C=O) groups is 2. The normalized spacial score (nSPS) is 11.1. The zero-order valence-corrected chi connectivity index (χ0v) is 22.4. The van der Waals surface area contributed by atoms with Crippen molar-refractivity contribution in [3.63, 3.8) is 0 Å². The van der Waals surface area contributed by atoms with E-state index in [1.54, 1.807) is 44.2 Å². The average molecular weight is 566 g/mol. The Morgan fingerprint density at radius 3 is 2.75 bits per heavy atom. The van der Waals surface area contributed by atoms with Crippen LogP contribution in [0.4, 0.5) is 0 Å². The number of aryl methyl sites for hydroxylation is 1. The van der Waals surface area contributed by atoms with E-state index in [2.05, 4.69) is 10.3 Å². The van der Waals surface area contributed by atoms with Crippen LogP contribution in [0.1, 0.15) is 33.5 Å². The highest BCUT2D eigenvalue weighted by atomic mass is 35.5. The van der Waals surface area contributed by atoms with E-state index in [0.29, 0.717) is 41.6 Å². The Labute approximate surface area is 224 Å². The Hall–Kier alpha value is -2.79. The molecule has 1 amide bonds. The number of fused-ring (bicyclic) bond motifs is 1. The molecule has 12 heteroatoms. The van der Waals surface area contributed by atoms with E-state index in [9.17, 15) is 14.4 Å². The summed E-state index contributed by atoms with van der Waals surface area (Å²) in [4.78, 5) is 43.9. The van der Waals surface area contributed by atoms with Crippen LogP contribution in [0.3, 0.4) is 0 Å². The van der Waals surface area contributed by atoms with Gasteiger partial charge in [0.25, 0.3) is 5.56 Å². The lowest BCUT2D eigenvalue weighted by Gasteiger charge is -2.13. The molecule has 1 N–H and O–H groups in total. The first kappa shape index (κ1) is 26.3. The third kappa shape index (κ3) is 5.78. The number of thioether (sulfide) groups is 1. The molecule has 36 heavy (non-hydrogen) atoms. The number of nitrogens with one attached hydrogen (secondary N) is 1. The van der Waals surface area contributed by atoms with Gasteiger partial charge in [-0.1, -0.05) is 41.0 Å². The second-order valence-corrected chi connectivity index (χ2v) is 10.4. The van der Waals surface area contributed by atoms with Gasteiger partial charge in [-0.15, -0.1) is 11.3 Å². The topological polar surface area (TPSA) is 103 Å². The molecule has 3 heterocycles. The highest BCUT2D eigenvalue weighted by Gasteiger charge is 2.23. The van der Waals surface area contributed by atoms with Gasteiger partial charge in [0.15, 0.2) is 5.16 Å². The van der Waals surface area contributed by atoms with Crippen molar-refractivity contribution in [2.75, 3.05) is 12.4 Å². The van der Waals surface area contributed by atoms with Gasteiger partial charge in [0.05, 0.1) is 47.1 Å². The molecule has 3 aromatic heterocycles. The van der Waals surface area contributed by atoms with Gasteiger partial charge < -0.3 is 14.5 Å². The van der Waals surface area contributed by atoms with Crippen molar-refractivity contribution < 1.29 is 18.7 Å². The molecule has 0 aliphatic rings. The van der Waals surface area contributed by atoms with Crippen LogP contribution in [0, 0.1) is 6.92 Å². The smallest absolute Gasteiger partial charge is 0.348 e. The summed E-state index contributed by atoms with van der Waals surface area (Å²) in [6.45, 7) is 4.04. The van der Waals surface area contributed by atoms with Crippen LogP contribution in [0.25, 0.3) is 10.2 Å². The second-order valence-electron chi connectivity index (χ2n) is 7.64. The average Bonchev–Trinajstić information content (AvgIpc) is 3.48. The molecule has 4 rings (SSSR count). The number of benzene rings is 1. The van der Waals surface area contributed by atoms with E-state index in [1.165, 1.54) is 10.8 Å². The molecule has 0 fully saturated rings. The summed E-state index contributed by atoms with van der Waals surface area (Å²) in [5, 5.41) is 4.21. The molecule has 0 unspecified atom stereocenters. The van der Waals surface area contributed by atoms with Gasteiger partial charge in [0, 0.05) is 0 Å².